The number of ether oxygens (including phenoxy) is 1. The van der Waals surface area contributed by atoms with E-state index >= 15 is 0 Å². The van der Waals surface area contributed by atoms with Crippen molar-refractivity contribution < 1.29 is 24.0 Å². The third-order valence-corrected chi connectivity index (χ3v) is 6.20. The molecule has 2 aromatic carbocycles. The van der Waals surface area contributed by atoms with E-state index in [9.17, 15) is 14.8 Å². The molecule has 0 aliphatic carbocycles. The zero-order chi connectivity index (χ0) is 20.2. The summed E-state index contributed by atoms with van der Waals surface area (Å²) in [5, 5.41) is 23.7. The minimum absolute atomic E-state index is 0.0738. The lowest BCUT2D eigenvalue weighted by Gasteiger charge is -2.28. The van der Waals surface area contributed by atoms with Crippen molar-refractivity contribution in [2.24, 2.45) is 0 Å². The van der Waals surface area contributed by atoms with Crippen molar-refractivity contribution in [2.75, 3.05) is 0 Å². The first-order valence-electron chi connectivity index (χ1n) is 9.89. The molecule has 1 aromatic heterocycles. The van der Waals surface area contributed by atoms with Crippen LogP contribution in [0, 0.1) is 6.92 Å². The number of rotatable bonds is 5. The predicted octanol–water partition coefficient (Wildman–Crippen LogP) is 2.54. The molecule has 0 spiro atoms. The summed E-state index contributed by atoms with van der Waals surface area (Å²) < 4.78 is 11.8. The van der Waals surface area contributed by atoms with Crippen LogP contribution in [-0.2, 0) is 21.6 Å². The maximum absolute atomic E-state index is 13.3. The Hall–Kier alpha value is -2.61. The molecule has 148 valence electrons. The molecule has 3 N–H and O–H groups in total. The van der Waals surface area contributed by atoms with E-state index < -0.39 is 18.7 Å². The van der Waals surface area contributed by atoms with Crippen LogP contribution in [0.1, 0.15) is 41.2 Å². The van der Waals surface area contributed by atoms with Gasteiger partial charge in [0.1, 0.15) is 5.58 Å². The third-order valence-electron chi connectivity index (χ3n) is 6.20. The number of fused-ring (bicyclic) bond motifs is 6. The molecule has 29 heavy (non-hydrogen) atoms. The molecule has 2 aliphatic heterocycles. The first-order chi connectivity index (χ1) is 14.0. The Morgan fingerprint density at radius 2 is 2.10 bits per heavy atom. The van der Waals surface area contributed by atoms with Gasteiger partial charge in [-0.15, -0.1) is 0 Å². The lowest BCUT2D eigenvalue weighted by molar-refractivity contribution is -0.144. The maximum Gasteiger partial charge on any atom is 0.475 e. The molecule has 0 radical (unpaired) electrons. The van der Waals surface area contributed by atoms with Crippen molar-refractivity contribution in [3.05, 3.63) is 71.0 Å². The van der Waals surface area contributed by atoms with Crippen molar-refractivity contribution >= 4 is 24.0 Å². The Balaban J connectivity index is 1.42. The normalized spacial score (nSPS) is 23.2. The number of nitrogens with one attached hydrogen (secondary N) is 1. The number of amides is 1. The zero-order valence-electron chi connectivity index (χ0n) is 16.1. The van der Waals surface area contributed by atoms with Crippen molar-refractivity contribution in [3.63, 3.8) is 0 Å². The second-order valence-corrected chi connectivity index (χ2v) is 7.97. The highest BCUT2D eigenvalue weighted by molar-refractivity contribution is 6.43. The maximum atomic E-state index is 13.3. The van der Waals surface area contributed by atoms with Gasteiger partial charge in [0.2, 0.25) is 0 Å². The third kappa shape index (κ3) is 2.80. The summed E-state index contributed by atoms with van der Waals surface area (Å²) in [5.74, 6) is -1.21. The summed E-state index contributed by atoms with van der Waals surface area (Å²) in [4.78, 5) is 13.3. The standard InChI is InChI=1S/C22H22BNO5/c1-13-5-4-7-15-14(12-28-20(13)15)11-19(23(26)27)24-21(25)22-10-9-18(29-22)16-6-2-3-8-17(16)22/h2-8,12,18-19,26-27H,9-11H2,1H3,(H,24,25)/t18?,19-,22+/m0/s1. The molecular formula is C22H22BNO5. The van der Waals surface area contributed by atoms with E-state index in [0.29, 0.717) is 6.42 Å². The lowest BCUT2D eigenvalue weighted by atomic mass is 9.74. The molecule has 3 atom stereocenters. The van der Waals surface area contributed by atoms with E-state index in [1.165, 1.54) is 0 Å². The number of hydrogen-bond acceptors (Lipinski definition) is 5. The van der Waals surface area contributed by atoms with Gasteiger partial charge < -0.3 is 24.5 Å². The molecule has 3 aromatic rings. The predicted molar refractivity (Wildman–Crippen MR) is 108 cm³/mol. The number of carbonyl (C=O) groups is 1. The Kier molecular flexibility index (Phi) is 4.27. The zero-order valence-corrected chi connectivity index (χ0v) is 16.1. The number of benzene rings is 2. The van der Waals surface area contributed by atoms with Crippen LogP contribution in [0.3, 0.4) is 0 Å². The van der Waals surface area contributed by atoms with Gasteiger partial charge in [0, 0.05) is 5.39 Å². The first-order valence-corrected chi connectivity index (χ1v) is 9.89. The van der Waals surface area contributed by atoms with Crippen molar-refractivity contribution in [2.45, 2.75) is 43.8 Å². The summed E-state index contributed by atoms with van der Waals surface area (Å²) >= 11 is 0. The highest BCUT2D eigenvalue weighted by Crippen LogP contribution is 2.54. The average molecular weight is 391 g/mol. The molecule has 1 fully saturated rings. The van der Waals surface area contributed by atoms with Crippen LogP contribution >= 0.6 is 0 Å². The summed E-state index contributed by atoms with van der Waals surface area (Å²) in [6.45, 7) is 1.96. The Morgan fingerprint density at radius 3 is 2.93 bits per heavy atom. The van der Waals surface area contributed by atoms with Crippen LogP contribution in [0.15, 0.2) is 53.1 Å². The van der Waals surface area contributed by atoms with Crippen LogP contribution in [0.2, 0.25) is 0 Å². The SMILES string of the molecule is Cc1cccc2c(C[C@H](NC(=O)[C@]34CCC(O3)c3ccccc34)B(O)O)coc12. The smallest absolute Gasteiger partial charge is 0.464 e. The fourth-order valence-electron chi connectivity index (χ4n) is 4.71. The van der Waals surface area contributed by atoms with E-state index in [-0.39, 0.29) is 18.4 Å². The number of furan rings is 1. The van der Waals surface area contributed by atoms with Gasteiger partial charge in [-0.1, -0.05) is 42.5 Å². The monoisotopic (exact) mass is 391 g/mol. The molecule has 2 bridgehead atoms. The molecule has 5 rings (SSSR count). The van der Waals surface area contributed by atoms with Crippen molar-refractivity contribution in [1.82, 2.24) is 5.32 Å². The quantitative estimate of drug-likeness (QED) is 0.582. The van der Waals surface area contributed by atoms with Gasteiger partial charge in [-0.2, -0.15) is 0 Å². The summed E-state index contributed by atoms with van der Waals surface area (Å²) in [6, 6.07) is 13.6. The summed E-state index contributed by atoms with van der Waals surface area (Å²) in [7, 11) is -1.71. The Labute approximate surface area is 168 Å². The minimum Gasteiger partial charge on any atom is -0.464 e. The van der Waals surface area contributed by atoms with Gasteiger partial charge >= 0.3 is 7.12 Å². The van der Waals surface area contributed by atoms with E-state index in [1.807, 2.05) is 49.4 Å². The summed E-state index contributed by atoms with van der Waals surface area (Å²) in [6.07, 6.45) is 3.14. The topological polar surface area (TPSA) is 91.9 Å². The van der Waals surface area contributed by atoms with Gasteiger partial charge in [0.25, 0.3) is 5.91 Å². The Morgan fingerprint density at radius 1 is 1.28 bits per heavy atom. The molecule has 7 heteroatoms. The Bertz CT molecular complexity index is 1090. The van der Waals surface area contributed by atoms with E-state index in [1.54, 1.807) is 6.26 Å². The number of carbonyl (C=O) groups excluding carboxylic acids is 1. The largest absolute Gasteiger partial charge is 0.475 e. The molecule has 2 aliphatic rings. The molecule has 1 saturated heterocycles. The van der Waals surface area contributed by atoms with Crippen LogP contribution in [0.25, 0.3) is 11.0 Å². The number of hydrogen-bond donors (Lipinski definition) is 3. The number of aryl methyl sites for hydroxylation is 1. The highest BCUT2D eigenvalue weighted by Gasteiger charge is 2.55. The van der Waals surface area contributed by atoms with Gasteiger partial charge in [-0.3, -0.25) is 4.79 Å². The first kappa shape index (κ1) is 18.4. The minimum atomic E-state index is -1.71. The van der Waals surface area contributed by atoms with Gasteiger partial charge in [-0.05, 0) is 48.4 Å². The fourth-order valence-corrected chi connectivity index (χ4v) is 4.71. The van der Waals surface area contributed by atoms with E-state index in [2.05, 4.69) is 5.32 Å². The molecule has 3 heterocycles. The van der Waals surface area contributed by atoms with Crippen molar-refractivity contribution in [1.29, 1.82) is 0 Å². The van der Waals surface area contributed by atoms with Crippen LogP contribution in [0.5, 0.6) is 0 Å². The fraction of sp³-hybridized carbons (Fsp3) is 0.318. The van der Waals surface area contributed by atoms with Gasteiger partial charge in [0.05, 0.1) is 18.3 Å². The highest BCUT2D eigenvalue weighted by atomic mass is 16.5. The molecule has 6 nitrogen and oxygen atoms in total. The molecule has 1 unspecified atom stereocenters. The van der Waals surface area contributed by atoms with Gasteiger partial charge in [-0.25, -0.2) is 0 Å². The van der Waals surface area contributed by atoms with Crippen LogP contribution in [0.4, 0.5) is 0 Å². The molecule has 1 amide bonds. The van der Waals surface area contributed by atoms with Crippen LogP contribution < -0.4 is 5.32 Å². The van der Waals surface area contributed by atoms with E-state index in [4.69, 9.17) is 9.15 Å². The van der Waals surface area contributed by atoms with E-state index in [0.717, 1.165) is 39.6 Å². The lowest BCUT2D eigenvalue weighted by Crippen LogP contribution is -2.53. The molecule has 0 saturated carbocycles. The van der Waals surface area contributed by atoms with Crippen molar-refractivity contribution in [3.8, 4) is 0 Å². The molecular weight excluding hydrogens is 369 g/mol. The number of para-hydroxylation sites is 1. The average Bonchev–Trinajstić information content (AvgIpc) is 3.41. The van der Waals surface area contributed by atoms with Crippen LogP contribution in [-0.4, -0.2) is 29.0 Å². The summed E-state index contributed by atoms with van der Waals surface area (Å²) in [5.41, 5.74) is 3.46. The van der Waals surface area contributed by atoms with Gasteiger partial charge in [0.15, 0.2) is 5.60 Å². The second-order valence-electron chi connectivity index (χ2n) is 7.97. The second kappa shape index (κ2) is 6.73.